The monoisotopic (exact) mass is 530 g/mol. The predicted molar refractivity (Wildman–Crippen MR) is 136 cm³/mol. The van der Waals surface area contributed by atoms with Crippen LogP contribution in [0.3, 0.4) is 0 Å². The third kappa shape index (κ3) is 5.99. The van der Waals surface area contributed by atoms with Crippen LogP contribution in [-0.4, -0.2) is 77.9 Å². The molecule has 2 aliphatic rings. The zero-order chi connectivity index (χ0) is 26.6. The Bertz CT molecular complexity index is 1280. The number of hydrogen-bond acceptors (Lipinski definition) is 7. The number of fused-ring (bicyclic) bond motifs is 1. The van der Waals surface area contributed by atoms with Crippen LogP contribution in [0.25, 0.3) is 16.9 Å². The number of nitrogens with one attached hydrogen (secondary N) is 1. The minimum atomic E-state index is -3.11. The molecular weight excluding hydrogens is 498 g/mol. The average Bonchev–Trinajstić information content (AvgIpc) is 3.62. The van der Waals surface area contributed by atoms with Crippen LogP contribution < -0.4 is 19.5 Å². The van der Waals surface area contributed by atoms with Gasteiger partial charge in [-0.2, -0.15) is 8.78 Å². The first-order valence-corrected chi connectivity index (χ1v) is 12.9. The molecule has 1 aromatic carbocycles. The van der Waals surface area contributed by atoms with Gasteiger partial charge in [-0.25, -0.2) is 4.98 Å². The Morgan fingerprint density at radius 3 is 2.79 bits per heavy atom. The molecule has 3 heterocycles. The number of rotatable bonds is 11. The van der Waals surface area contributed by atoms with Gasteiger partial charge in [-0.1, -0.05) is 0 Å². The number of methoxy groups -OCH3 is 1. The fourth-order valence-electron chi connectivity index (χ4n) is 4.91. The number of aliphatic hydroxyl groups excluding tert-OH is 1. The molecule has 0 unspecified atom stereocenters. The summed E-state index contributed by atoms with van der Waals surface area (Å²) < 4.78 is 44.6. The molecule has 9 nitrogen and oxygen atoms in total. The van der Waals surface area contributed by atoms with Gasteiger partial charge in [-0.05, 0) is 50.4 Å². The average molecular weight is 531 g/mol. The van der Waals surface area contributed by atoms with E-state index in [-0.39, 0.29) is 29.7 Å². The Balaban J connectivity index is 1.38. The Hall–Kier alpha value is -3.44. The molecule has 2 N–H and O–H groups in total. The van der Waals surface area contributed by atoms with Gasteiger partial charge in [-0.3, -0.25) is 9.20 Å². The van der Waals surface area contributed by atoms with Crippen molar-refractivity contribution >= 4 is 11.6 Å². The van der Waals surface area contributed by atoms with E-state index in [4.69, 9.17) is 14.2 Å². The summed E-state index contributed by atoms with van der Waals surface area (Å²) in [7, 11) is 1.38. The van der Waals surface area contributed by atoms with Crippen LogP contribution in [0.1, 0.15) is 36.0 Å². The molecule has 204 valence electrons. The van der Waals surface area contributed by atoms with Crippen molar-refractivity contribution in [1.82, 2.24) is 19.6 Å². The second-order valence-electron chi connectivity index (χ2n) is 9.76. The SMILES string of the molecule is COc1cc(-c2cnc3cc(OC[C@H]4CCCN(CCO)C4)ccn23)cc(OC(F)F)c1C(=O)NC1CC1. The van der Waals surface area contributed by atoms with E-state index in [9.17, 15) is 18.7 Å². The van der Waals surface area contributed by atoms with Gasteiger partial charge < -0.3 is 29.5 Å². The van der Waals surface area contributed by atoms with Crippen molar-refractivity contribution in [1.29, 1.82) is 0 Å². The minimum absolute atomic E-state index is 0.0408. The molecule has 2 fully saturated rings. The third-order valence-corrected chi connectivity index (χ3v) is 6.93. The van der Waals surface area contributed by atoms with E-state index in [0.29, 0.717) is 41.7 Å². The Labute approximate surface area is 219 Å². The normalized spacial score (nSPS) is 18.1. The molecule has 1 amide bonds. The maximum atomic E-state index is 13.3. The highest BCUT2D eigenvalue weighted by Crippen LogP contribution is 2.37. The molecule has 1 aliphatic carbocycles. The van der Waals surface area contributed by atoms with Crippen LogP contribution >= 0.6 is 0 Å². The second-order valence-corrected chi connectivity index (χ2v) is 9.76. The van der Waals surface area contributed by atoms with Crippen molar-refractivity contribution in [2.24, 2.45) is 5.92 Å². The lowest BCUT2D eigenvalue weighted by molar-refractivity contribution is -0.0502. The number of carbonyl (C=O) groups is 1. The third-order valence-electron chi connectivity index (χ3n) is 6.93. The molecule has 38 heavy (non-hydrogen) atoms. The largest absolute Gasteiger partial charge is 0.496 e. The highest BCUT2D eigenvalue weighted by molar-refractivity contribution is 6.01. The van der Waals surface area contributed by atoms with Crippen molar-refractivity contribution in [3.63, 3.8) is 0 Å². The minimum Gasteiger partial charge on any atom is -0.496 e. The zero-order valence-electron chi connectivity index (χ0n) is 21.2. The lowest BCUT2D eigenvalue weighted by Gasteiger charge is -2.32. The maximum absolute atomic E-state index is 13.3. The lowest BCUT2D eigenvalue weighted by Crippen LogP contribution is -2.39. The van der Waals surface area contributed by atoms with Gasteiger partial charge in [-0.15, -0.1) is 0 Å². The molecule has 0 radical (unpaired) electrons. The molecule has 3 aromatic rings. The number of halogens is 2. The Kier molecular flexibility index (Phi) is 7.94. The van der Waals surface area contributed by atoms with Gasteiger partial charge in [0.1, 0.15) is 28.5 Å². The highest BCUT2D eigenvalue weighted by Gasteiger charge is 2.29. The van der Waals surface area contributed by atoms with E-state index in [2.05, 4.69) is 15.2 Å². The Morgan fingerprint density at radius 1 is 1.24 bits per heavy atom. The number of ether oxygens (including phenoxy) is 3. The fraction of sp³-hybridized carbons (Fsp3) is 0.481. The van der Waals surface area contributed by atoms with Crippen molar-refractivity contribution in [2.45, 2.75) is 38.3 Å². The quantitative estimate of drug-likeness (QED) is 0.391. The number of carbonyl (C=O) groups excluding carboxylic acids is 1. The van der Waals surface area contributed by atoms with Crippen molar-refractivity contribution < 1.29 is 32.9 Å². The number of piperidine rings is 1. The smallest absolute Gasteiger partial charge is 0.387 e. The fourth-order valence-corrected chi connectivity index (χ4v) is 4.91. The van der Waals surface area contributed by atoms with Crippen molar-refractivity contribution in [3.8, 4) is 28.5 Å². The number of aromatic nitrogens is 2. The van der Waals surface area contributed by atoms with Crippen LogP contribution in [0.15, 0.2) is 36.7 Å². The topological polar surface area (TPSA) is 97.6 Å². The summed E-state index contributed by atoms with van der Waals surface area (Å²) in [6.45, 7) is 0.201. The van der Waals surface area contributed by atoms with Gasteiger partial charge in [0.15, 0.2) is 0 Å². The van der Waals surface area contributed by atoms with E-state index in [1.807, 2.05) is 12.1 Å². The molecule has 5 rings (SSSR count). The number of hydrogen-bond donors (Lipinski definition) is 2. The van der Waals surface area contributed by atoms with Gasteiger partial charge in [0, 0.05) is 42.9 Å². The predicted octanol–water partition coefficient (Wildman–Crippen LogP) is 3.59. The number of likely N-dealkylation sites (tertiary alicyclic amines) is 1. The van der Waals surface area contributed by atoms with E-state index >= 15 is 0 Å². The Morgan fingerprint density at radius 2 is 2.05 bits per heavy atom. The number of β-amino-alcohol motifs (C(OH)–C–C–N with tert-alkyl or cyclic N) is 1. The van der Waals surface area contributed by atoms with Gasteiger partial charge >= 0.3 is 6.61 Å². The summed E-state index contributed by atoms with van der Waals surface area (Å²) in [6.07, 6.45) is 7.30. The number of aliphatic hydroxyl groups is 1. The van der Waals surface area contributed by atoms with Crippen LogP contribution in [0.4, 0.5) is 8.78 Å². The molecule has 1 saturated carbocycles. The molecule has 2 aromatic heterocycles. The molecule has 1 aliphatic heterocycles. The van der Waals surface area contributed by atoms with E-state index in [1.54, 1.807) is 22.9 Å². The summed E-state index contributed by atoms with van der Waals surface area (Å²) in [5.41, 5.74) is 1.68. The molecule has 1 atom stereocenters. The first kappa shape index (κ1) is 26.2. The molecule has 0 spiro atoms. The van der Waals surface area contributed by atoms with Crippen molar-refractivity contribution in [3.05, 3.63) is 42.2 Å². The standard InChI is InChI=1S/C27H32F2N4O5/c1-36-22-11-18(12-23(38-27(28)29)25(22)26(35)31-19-4-5-19)21-14-30-24-13-20(6-8-33(21)24)37-16-17-3-2-7-32(15-17)9-10-34/h6,8,11-14,17,19,27,34H,2-5,7,9-10,15-16H2,1H3,(H,31,35)/t17-/m0/s1. The van der Waals surface area contributed by atoms with Crippen LogP contribution in [-0.2, 0) is 0 Å². The lowest BCUT2D eigenvalue weighted by atomic mass is 9.99. The molecule has 11 heteroatoms. The first-order chi connectivity index (χ1) is 18.4. The zero-order valence-corrected chi connectivity index (χ0v) is 21.2. The maximum Gasteiger partial charge on any atom is 0.387 e. The number of pyridine rings is 1. The van der Waals surface area contributed by atoms with Gasteiger partial charge in [0.05, 0.1) is 32.2 Å². The number of imidazole rings is 1. The van der Waals surface area contributed by atoms with Crippen LogP contribution in [0.5, 0.6) is 17.2 Å². The number of benzene rings is 1. The molecule has 0 bridgehead atoms. The van der Waals surface area contributed by atoms with E-state index in [0.717, 1.165) is 38.8 Å². The molecule has 1 saturated heterocycles. The first-order valence-electron chi connectivity index (χ1n) is 12.9. The number of alkyl halides is 2. The van der Waals surface area contributed by atoms with Crippen LogP contribution in [0.2, 0.25) is 0 Å². The van der Waals surface area contributed by atoms with E-state index < -0.39 is 12.5 Å². The summed E-state index contributed by atoms with van der Waals surface area (Å²) in [4.78, 5) is 19.5. The summed E-state index contributed by atoms with van der Waals surface area (Å²) in [6, 6.07) is 6.72. The van der Waals surface area contributed by atoms with Gasteiger partial charge in [0.25, 0.3) is 5.91 Å². The van der Waals surface area contributed by atoms with Gasteiger partial charge in [0.2, 0.25) is 0 Å². The van der Waals surface area contributed by atoms with Crippen LogP contribution in [0, 0.1) is 5.92 Å². The number of nitrogens with zero attached hydrogens (tertiary/aromatic N) is 3. The van der Waals surface area contributed by atoms with E-state index in [1.165, 1.54) is 13.2 Å². The number of amides is 1. The van der Waals surface area contributed by atoms with Crippen molar-refractivity contribution in [2.75, 3.05) is 40.0 Å². The molecular formula is C27H32F2N4O5. The summed E-state index contributed by atoms with van der Waals surface area (Å²) in [5.74, 6) is 0.432. The summed E-state index contributed by atoms with van der Waals surface area (Å²) in [5, 5.41) is 12.0. The highest BCUT2D eigenvalue weighted by atomic mass is 19.3. The second kappa shape index (κ2) is 11.5. The summed E-state index contributed by atoms with van der Waals surface area (Å²) >= 11 is 0.